The minimum Gasteiger partial charge on any atom is -0.384 e. The van der Waals surface area contributed by atoms with Crippen LogP contribution >= 0.6 is 0 Å². The zero-order valence-corrected chi connectivity index (χ0v) is 10.9. The van der Waals surface area contributed by atoms with E-state index in [2.05, 4.69) is 16.6 Å². The summed E-state index contributed by atoms with van der Waals surface area (Å²) in [6.07, 6.45) is 1.83. The lowest BCUT2D eigenvalue weighted by Crippen LogP contribution is -2.25. The predicted octanol–water partition coefficient (Wildman–Crippen LogP) is 0.780. The fraction of sp³-hybridized carbons (Fsp3) is 0.385. The third-order valence-corrected chi connectivity index (χ3v) is 4.23. The first-order valence-corrected chi connectivity index (χ1v) is 7.24. The first kappa shape index (κ1) is 13.1. The SMILES string of the molecule is Cc1cc(S(=O)(=O)NC2CC2)ccc1C#CCO. The van der Waals surface area contributed by atoms with Gasteiger partial charge >= 0.3 is 0 Å². The van der Waals surface area contributed by atoms with E-state index in [9.17, 15) is 8.42 Å². The fourth-order valence-electron chi connectivity index (χ4n) is 1.57. The highest BCUT2D eigenvalue weighted by molar-refractivity contribution is 7.89. The maximum absolute atomic E-state index is 12.0. The van der Waals surface area contributed by atoms with Crippen LogP contribution in [-0.4, -0.2) is 26.2 Å². The Balaban J connectivity index is 2.27. The van der Waals surface area contributed by atoms with Crippen LogP contribution in [0.25, 0.3) is 0 Å². The Morgan fingerprint density at radius 1 is 1.44 bits per heavy atom. The number of hydrogen-bond acceptors (Lipinski definition) is 3. The summed E-state index contributed by atoms with van der Waals surface area (Å²) < 4.78 is 26.6. The molecule has 0 atom stereocenters. The highest BCUT2D eigenvalue weighted by atomic mass is 32.2. The van der Waals surface area contributed by atoms with Crippen LogP contribution < -0.4 is 4.72 Å². The van der Waals surface area contributed by atoms with Crippen molar-refractivity contribution < 1.29 is 13.5 Å². The molecule has 4 nitrogen and oxygen atoms in total. The van der Waals surface area contributed by atoms with Gasteiger partial charge in [0.25, 0.3) is 0 Å². The van der Waals surface area contributed by atoms with E-state index in [-0.39, 0.29) is 17.5 Å². The summed E-state index contributed by atoms with van der Waals surface area (Å²) in [6.45, 7) is 1.60. The minimum atomic E-state index is -3.40. The molecule has 0 heterocycles. The lowest BCUT2D eigenvalue weighted by Gasteiger charge is -2.07. The van der Waals surface area contributed by atoms with E-state index in [0.29, 0.717) is 0 Å². The zero-order chi connectivity index (χ0) is 13.2. The minimum absolute atomic E-state index is 0.101. The van der Waals surface area contributed by atoms with Gasteiger partial charge in [-0.25, -0.2) is 13.1 Å². The van der Waals surface area contributed by atoms with E-state index in [1.165, 1.54) is 0 Å². The van der Waals surface area contributed by atoms with Gasteiger partial charge in [-0.2, -0.15) is 0 Å². The van der Waals surface area contributed by atoms with E-state index >= 15 is 0 Å². The smallest absolute Gasteiger partial charge is 0.240 e. The van der Waals surface area contributed by atoms with Crippen LogP contribution in [0, 0.1) is 18.8 Å². The number of nitrogens with one attached hydrogen (secondary N) is 1. The Labute approximate surface area is 107 Å². The van der Waals surface area contributed by atoms with Gasteiger partial charge in [0, 0.05) is 11.6 Å². The summed E-state index contributed by atoms with van der Waals surface area (Å²) in [4.78, 5) is 0.265. The second-order valence-electron chi connectivity index (χ2n) is 4.33. The molecule has 0 aromatic heterocycles. The fourth-order valence-corrected chi connectivity index (χ4v) is 2.96. The van der Waals surface area contributed by atoms with E-state index in [1.54, 1.807) is 25.1 Å². The molecule has 0 bridgehead atoms. The second kappa shape index (κ2) is 5.11. The molecule has 2 rings (SSSR count). The zero-order valence-electron chi connectivity index (χ0n) is 10.1. The molecule has 1 fully saturated rings. The first-order valence-electron chi connectivity index (χ1n) is 5.75. The molecule has 0 amide bonds. The quantitative estimate of drug-likeness (QED) is 0.794. The van der Waals surface area contributed by atoms with Crippen molar-refractivity contribution in [2.24, 2.45) is 0 Å². The Morgan fingerprint density at radius 2 is 2.17 bits per heavy atom. The van der Waals surface area contributed by atoms with Crippen molar-refractivity contribution in [1.29, 1.82) is 0 Å². The van der Waals surface area contributed by atoms with Crippen molar-refractivity contribution in [1.82, 2.24) is 4.72 Å². The van der Waals surface area contributed by atoms with Gasteiger partial charge < -0.3 is 5.11 Å². The van der Waals surface area contributed by atoms with Gasteiger partial charge in [-0.3, -0.25) is 0 Å². The number of rotatable bonds is 3. The molecule has 0 radical (unpaired) electrons. The highest BCUT2D eigenvalue weighted by Gasteiger charge is 2.27. The van der Waals surface area contributed by atoms with Crippen LogP contribution in [0.5, 0.6) is 0 Å². The van der Waals surface area contributed by atoms with Crippen molar-refractivity contribution in [3.63, 3.8) is 0 Å². The van der Waals surface area contributed by atoms with Gasteiger partial charge in [0.2, 0.25) is 10.0 Å². The van der Waals surface area contributed by atoms with Gasteiger partial charge in [-0.15, -0.1) is 0 Å². The van der Waals surface area contributed by atoms with Crippen molar-refractivity contribution in [3.8, 4) is 11.8 Å². The molecule has 0 unspecified atom stereocenters. The number of benzene rings is 1. The Kier molecular flexibility index (Phi) is 3.71. The maximum atomic E-state index is 12.0. The average molecular weight is 265 g/mol. The maximum Gasteiger partial charge on any atom is 0.240 e. The van der Waals surface area contributed by atoms with Crippen LogP contribution in [-0.2, 0) is 10.0 Å². The largest absolute Gasteiger partial charge is 0.384 e. The molecule has 0 spiro atoms. The molecule has 1 aromatic carbocycles. The molecule has 1 aliphatic rings. The van der Waals surface area contributed by atoms with E-state index < -0.39 is 10.0 Å². The van der Waals surface area contributed by atoms with Gasteiger partial charge in [0.15, 0.2) is 0 Å². The number of aliphatic hydroxyl groups is 1. The molecular weight excluding hydrogens is 250 g/mol. The topological polar surface area (TPSA) is 66.4 Å². The number of aliphatic hydroxyl groups excluding tert-OH is 1. The summed E-state index contributed by atoms with van der Waals surface area (Å²) in [5.74, 6) is 5.33. The molecule has 1 aliphatic carbocycles. The lowest BCUT2D eigenvalue weighted by molar-refractivity contribution is 0.350. The molecule has 96 valence electrons. The summed E-state index contributed by atoms with van der Waals surface area (Å²) >= 11 is 0. The number of hydrogen-bond donors (Lipinski definition) is 2. The van der Waals surface area contributed by atoms with Crippen molar-refractivity contribution in [3.05, 3.63) is 29.3 Å². The molecule has 2 N–H and O–H groups in total. The molecule has 0 saturated heterocycles. The van der Waals surface area contributed by atoms with Crippen LogP contribution in [0.15, 0.2) is 23.1 Å². The normalized spacial score (nSPS) is 15.0. The molecule has 18 heavy (non-hydrogen) atoms. The van der Waals surface area contributed by atoms with Gasteiger partial charge in [-0.1, -0.05) is 11.8 Å². The van der Waals surface area contributed by atoms with Crippen molar-refractivity contribution >= 4 is 10.0 Å². The monoisotopic (exact) mass is 265 g/mol. The summed E-state index contributed by atoms with van der Waals surface area (Å²) in [6, 6.07) is 4.91. The predicted molar refractivity (Wildman–Crippen MR) is 68.5 cm³/mol. The summed E-state index contributed by atoms with van der Waals surface area (Å²) in [5.41, 5.74) is 1.52. The van der Waals surface area contributed by atoms with E-state index in [0.717, 1.165) is 24.0 Å². The van der Waals surface area contributed by atoms with Gasteiger partial charge in [0.05, 0.1) is 4.90 Å². The Morgan fingerprint density at radius 3 is 2.72 bits per heavy atom. The molecular formula is C13H15NO3S. The number of aryl methyl sites for hydroxylation is 1. The average Bonchev–Trinajstić information content (AvgIpc) is 3.10. The summed E-state index contributed by atoms with van der Waals surface area (Å²) in [5, 5.41) is 8.63. The Bertz CT molecular complexity index is 607. The van der Waals surface area contributed by atoms with Crippen LogP contribution in [0.3, 0.4) is 0 Å². The second-order valence-corrected chi connectivity index (χ2v) is 6.05. The van der Waals surface area contributed by atoms with E-state index in [1.807, 2.05) is 0 Å². The van der Waals surface area contributed by atoms with Crippen LogP contribution in [0.1, 0.15) is 24.0 Å². The van der Waals surface area contributed by atoms with E-state index in [4.69, 9.17) is 5.11 Å². The van der Waals surface area contributed by atoms with Crippen LogP contribution in [0.4, 0.5) is 0 Å². The molecule has 1 aromatic rings. The third-order valence-electron chi connectivity index (χ3n) is 2.71. The molecule has 0 aliphatic heterocycles. The van der Waals surface area contributed by atoms with Crippen molar-refractivity contribution in [2.75, 3.05) is 6.61 Å². The molecule has 1 saturated carbocycles. The van der Waals surface area contributed by atoms with Crippen LogP contribution in [0.2, 0.25) is 0 Å². The number of sulfonamides is 1. The van der Waals surface area contributed by atoms with Gasteiger partial charge in [-0.05, 0) is 43.5 Å². The standard InChI is InChI=1S/C13H15NO3S/c1-10-9-13(7-4-11(10)3-2-8-15)18(16,17)14-12-5-6-12/h4,7,9,12,14-15H,5-6,8H2,1H3. The Hall–Kier alpha value is -1.35. The highest BCUT2D eigenvalue weighted by Crippen LogP contribution is 2.23. The first-order chi connectivity index (χ1) is 8.53. The third kappa shape index (κ3) is 3.10. The molecule has 5 heteroatoms. The lowest BCUT2D eigenvalue weighted by atomic mass is 10.1. The summed E-state index contributed by atoms with van der Waals surface area (Å²) in [7, 11) is -3.40. The van der Waals surface area contributed by atoms with Crippen molar-refractivity contribution in [2.45, 2.75) is 30.7 Å². The van der Waals surface area contributed by atoms with Gasteiger partial charge in [0.1, 0.15) is 6.61 Å².